The number of aliphatic hydroxyl groups excluding tert-OH is 1. The highest BCUT2D eigenvalue weighted by atomic mass is 28.4. The molecule has 0 aliphatic carbocycles. The summed E-state index contributed by atoms with van der Waals surface area (Å²) >= 11 is 0. The Hall–Kier alpha value is -3.50. The molecule has 0 aromatic heterocycles. The van der Waals surface area contributed by atoms with E-state index in [0.29, 0.717) is 23.5 Å². The predicted octanol–water partition coefficient (Wildman–Crippen LogP) is 5.26. The summed E-state index contributed by atoms with van der Waals surface area (Å²) in [5.41, 5.74) is 3.23. The number of rotatable bonds is 13. The van der Waals surface area contributed by atoms with E-state index < -0.39 is 8.32 Å². The lowest BCUT2D eigenvalue weighted by Crippen LogP contribution is -2.42. The highest BCUT2D eigenvalue weighted by Crippen LogP contribution is 2.45. The maximum atomic E-state index is 13.4. The lowest BCUT2D eigenvalue weighted by atomic mass is 9.95. The Morgan fingerprint density at radius 2 is 1.67 bits per heavy atom. The van der Waals surface area contributed by atoms with Crippen LogP contribution in [-0.2, 0) is 22.5 Å². The van der Waals surface area contributed by atoms with Gasteiger partial charge in [0.25, 0.3) is 5.91 Å². The van der Waals surface area contributed by atoms with Gasteiger partial charge in [-0.05, 0) is 79.4 Å². The van der Waals surface area contributed by atoms with Gasteiger partial charge in [0, 0.05) is 29.9 Å². The standard InChI is InChI=1S/C34H44N2O6Si/c1-24-30(18-13-25-11-8-12-28(21-25)35-34(39)27-14-16-29(41-2)17-15-27)42-31(33(24)43(3,4)40)22-32(38)36(19-20-37)23-26-9-6-5-7-10-26/h5-12,14-17,21,24,30-31,33,37,40H,13,18-20,22-23H2,1-4H3,(H,35,39)/t24-,30+,31-,33+/m1/s1. The Bertz CT molecular complexity index is 1340. The van der Waals surface area contributed by atoms with Gasteiger partial charge in [-0.2, -0.15) is 0 Å². The first kappa shape index (κ1) is 32.4. The van der Waals surface area contributed by atoms with Crippen LogP contribution >= 0.6 is 0 Å². The minimum Gasteiger partial charge on any atom is -0.497 e. The molecule has 2 amide bonds. The van der Waals surface area contributed by atoms with Crippen molar-refractivity contribution in [2.45, 2.75) is 63.6 Å². The Kier molecular flexibility index (Phi) is 11.1. The molecule has 0 spiro atoms. The molecule has 4 atom stereocenters. The molecule has 8 nitrogen and oxygen atoms in total. The Balaban J connectivity index is 1.39. The second kappa shape index (κ2) is 14.8. The quantitative estimate of drug-likeness (QED) is 0.230. The molecule has 0 radical (unpaired) electrons. The Morgan fingerprint density at radius 3 is 2.33 bits per heavy atom. The van der Waals surface area contributed by atoms with E-state index >= 15 is 0 Å². The normalized spacial score (nSPS) is 20.0. The number of aryl methyl sites for hydroxylation is 1. The van der Waals surface area contributed by atoms with Gasteiger partial charge in [0.15, 0.2) is 8.32 Å². The summed E-state index contributed by atoms with van der Waals surface area (Å²) in [5.74, 6) is 0.500. The summed E-state index contributed by atoms with van der Waals surface area (Å²) in [6.45, 7) is 6.50. The van der Waals surface area contributed by atoms with E-state index in [0.717, 1.165) is 24.0 Å². The van der Waals surface area contributed by atoms with Crippen LogP contribution in [0.15, 0.2) is 78.9 Å². The van der Waals surface area contributed by atoms with E-state index in [1.54, 1.807) is 36.3 Å². The van der Waals surface area contributed by atoms with Crippen molar-refractivity contribution in [3.63, 3.8) is 0 Å². The van der Waals surface area contributed by atoms with Gasteiger partial charge >= 0.3 is 0 Å². The van der Waals surface area contributed by atoms with Crippen molar-refractivity contribution in [1.29, 1.82) is 0 Å². The van der Waals surface area contributed by atoms with Gasteiger partial charge in [-0.3, -0.25) is 9.59 Å². The van der Waals surface area contributed by atoms with Gasteiger partial charge < -0.3 is 29.6 Å². The molecule has 0 bridgehead atoms. The second-order valence-corrected chi connectivity index (χ2v) is 15.9. The Morgan fingerprint density at radius 1 is 0.977 bits per heavy atom. The number of amides is 2. The van der Waals surface area contributed by atoms with E-state index in [-0.39, 0.29) is 55.1 Å². The minimum atomic E-state index is -2.66. The van der Waals surface area contributed by atoms with Crippen LogP contribution in [0, 0.1) is 5.92 Å². The van der Waals surface area contributed by atoms with Crippen molar-refractivity contribution in [1.82, 2.24) is 4.90 Å². The first-order valence-electron chi connectivity index (χ1n) is 14.9. The largest absolute Gasteiger partial charge is 0.497 e. The predicted molar refractivity (Wildman–Crippen MR) is 171 cm³/mol. The molecule has 1 heterocycles. The molecule has 4 rings (SSSR count). The summed E-state index contributed by atoms with van der Waals surface area (Å²) in [5, 5.41) is 12.6. The lowest BCUT2D eigenvalue weighted by Gasteiger charge is -2.31. The average molecular weight is 605 g/mol. The number of hydrogen-bond donors (Lipinski definition) is 3. The van der Waals surface area contributed by atoms with E-state index in [1.807, 2.05) is 67.7 Å². The van der Waals surface area contributed by atoms with Crippen LogP contribution in [0.4, 0.5) is 5.69 Å². The number of aliphatic hydroxyl groups is 1. The van der Waals surface area contributed by atoms with Crippen LogP contribution in [0.2, 0.25) is 18.6 Å². The van der Waals surface area contributed by atoms with Crippen molar-refractivity contribution < 1.29 is 29.0 Å². The highest BCUT2D eigenvalue weighted by Gasteiger charge is 2.50. The number of hydrogen-bond acceptors (Lipinski definition) is 6. The van der Waals surface area contributed by atoms with Crippen LogP contribution in [0.5, 0.6) is 5.75 Å². The highest BCUT2D eigenvalue weighted by molar-refractivity contribution is 6.71. The molecule has 43 heavy (non-hydrogen) atoms. The van der Waals surface area contributed by atoms with Crippen molar-refractivity contribution >= 4 is 25.8 Å². The molecule has 0 saturated carbocycles. The number of nitrogens with zero attached hydrogens (tertiary/aromatic N) is 1. The fraction of sp³-hybridized carbons (Fsp3) is 0.412. The third kappa shape index (κ3) is 8.76. The summed E-state index contributed by atoms with van der Waals surface area (Å²) < 4.78 is 11.7. The van der Waals surface area contributed by atoms with E-state index in [4.69, 9.17) is 9.47 Å². The summed E-state index contributed by atoms with van der Waals surface area (Å²) in [4.78, 5) is 39.1. The fourth-order valence-corrected chi connectivity index (χ4v) is 8.79. The first-order valence-corrected chi connectivity index (χ1v) is 18.0. The zero-order valence-corrected chi connectivity index (χ0v) is 26.5. The smallest absolute Gasteiger partial charge is 0.255 e. The molecule has 1 aliphatic rings. The van der Waals surface area contributed by atoms with E-state index in [9.17, 15) is 19.5 Å². The topological polar surface area (TPSA) is 108 Å². The van der Waals surface area contributed by atoms with Gasteiger partial charge in [-0.15, -0.1) is 0 Å². The SMILES string of the molecule is COc1ccc(C(=O)Nc2cccc(CC[C@@H]3O[C@H](CC(=O)N(CCO)Cc4ccccc4)[C@@H]([Si](C)(C)O)[C@@H]3C)c2)cc1. The molecule has 3 N–H and O–H groups in total. The number of carbonyl (C=O) groups excluding carboxylic acids is 2. The maximum absolute atomic E-state index is 13.4. The van der Waals surface area contributed by atoms with Crippen LogP contribution in [-0.4, -0.2) is 67.4 Å². The lowest BCUT2D eigenvalue weighted by molar-refractivity contribution is -0.135. The zero-order valence-electron chi connectivity index (χ0n) is 25.5. The van der Waals surface area contributed by atoms with Gasteiger partial charge in [0.2, 0.25) is 5.91 Å². The molecule has 1 saturated heterocycles. The second-order valence-electron chi connectivity index (χ2n) is 11.9. The molecule has 1 fully saturated rings. The average Bonchev–Trinajstić information content (AvgIpc) is 3.31. The molecule has 3 aromatic carbocycles. The van der Waals surface area contributed by atoms with Gasteiger partial charge in [0.1, 0.15) is 5.75 Å². The van der Waals surface area contributed by atoms with Crippen molar-refractivity contribution in [2.24, 2.45) is 5.92 Å². The number of benzene rings is 3. The fourth-order valence-electron chi connectivity index (χ4n) is 6.18. The Labute approximate surface area is 255 Å². The van der Waals surface area contributed by atoms with Crippen LogP contribution in [0.1, 0.15) is 41.3 Å². The number of ether oxygens (including phenoxy) is 2. The third-order valence-electron chi connectivity index (χ3n) is 8.29. The summed E-state index contributed by atoms with van der Waals surface area (Å²) in [6.07, 6.45) is 1.13. The van der Waals surface area contributed by atoms with Gasteiger partial charge in [-0.1, -0.05) is 49.4 Å². The molecule has 3 aromatic rings. The molecule has 230 valence electrons. The molecular weight excluding hydrogens is 560 g/mol. The van der Waals surface area contributed by atoms with Crippen LogP contribution in [0.3, 0.4) is 0 Å². The van der Waals surface area contributed by atoms with E-state index in [1.165, 1.54) is 0 Å². The van der Waals surface area contributed by atoms with Gasteiger partial charge in [0.05, 0.1) is 32.3 Å². The minimum absolute atomic E-state index is 0.0840. The maximum Gasteiger partial charge on any atom is 0.255 e. The number of nitrogens with one attached hydrogen (secondary N) is 1. The molecule has 0 unspecified atom stereocenters. The first-order chi connectivity index (χ1) is 20.6. The van der Waals surface area contributed by atoms with Crippen molar-refractivity contribution in [2.75, 3.05) is 25.6 Å². The number of anilines is 1. The third-order valence-corrected chi connectivity index (χ3v) is 10.8. The zero-order chi connectivity index (χ0) is 31.0. The monoisotopic (exact) mass is 604 g/mol. The number of methoxy groups -OCH3 is 1. The van der Waals surface area contributed by atoms with Crippen molar-refractivity contribution in [3.8, 4) is 5.75 Å². The molecule has 9 heteroatoms. The summed E-state index contributed by atoms with van der Waals surface area (Å²) in [6, 6.07) is 24.5. The molecular formula is C34H44N2O6Si. The molecule has 1 aliphatic heterocycles. The van der Waals surface area contributed by atoms with Gasteiger partial charge in [-0.25, -0.2) is 0 Å². The summed E-state index contributed by atoms with van der Waals surface area (Å²) in [7, 11) is -1.07. The van der Waals surface area contributed by atoms with E-state index in [2.05, 4.69) is 12.2 Å². The number of carbonyl (C=O) groups is 2. The van der Waals surface area contributed by atoms with Crippen LogP contribution in [0.25, 0.3) is 0 Å². The van der Waals surface area contributed by atoms with Crippen LogP contribution < -0.4 is 10.1 Å². The van der Waals surface area contributed by atoms with Crippen molar-refractivity contribution in [3.05, 3.63) is 95.6 Å².